The SMILES string of the molecule is CCNc1cc(Sc2nc(CC)ns2)cc([N+](=O)[O-])c1. The van der Waals surface area contributed by atoms with Crippen molar-refractivity contribution in [2.45, 2.75) is 29.5 Å². The lowest BCUT2D eigenvalue weighted by atomic mass is 10.3. The van der Waals surface area contributed by atoms with Gasteiger partial charge < -0.3 is 5.32 Å². The van der Waals surface area contributed by atoms with Gasteiger partial charge >= 0.3 is 0 Å². The van der Waals surface area contributed by atoms with Gasteiger partial charge in [-0.2, -0.15) is 4.37 Å². The van der Waals surface area contributed by atoms with Crippen LogP contribution in [0.1, 0.15) is 19.7 Å². The Morgan fingerprint density at radius 2 is 2.20 bits per heavy atom. The van der Waals surface area contributed by atoms with Gasteiger partial charge in [0.15, 0.2) is 4.34 Å². The lowest BCUT2D eigenvalue weighted by Gasteiger charge is -2.05. The highest BCUT2D eigenvalue weighted by Crippen LogP contribution is 2.33. The van der Waals surface area contributed by atoms with Crippen LogP contribution in [0, 0.1) is 10.1 Å². The molecule has 106 valence electrons. The van der Waals surface area contributed by atoms with Crippen LogP contribution in [0.3, 0.4) is 0 Å². The van der Waals surface area contributed by atoms with Crippen molar-refractivity contribution in [3.8, 4) is 0 Å². The zero-order valence-corrected chi connectivity index (χ0v) is 12.8. The first-order valence-corrected chi connectivity index (χ1v) is 7.75. The van der Waals surface area contributed by atoms with Gasteiger partial charge in [0, 0.05) is 35.7 Å². The van der Waals surface area contributed by atoms with E-state index in [4.69, 9.17) is 0 Å². The summed E-state index contributed by atoms with van der Waals surface area (Å²) in [6.45, 7) is 4.65. The highest BCUT2D eigenvalue weighted by Gasteiger charge is 2.12. The molecule has 0 saturated carbocycles. The van der Waals surface area contributed by atoms with Crippen molar-refractivity contribution in [3.63, 3.8) is 0 Å². The molecular formula is C12H14N4O2S2. The maximum atomic E-state index is 11.0. The Morgan fingerprint density at radius 1 is 1.40 bits per heavy atom. The first kappa shape index (κ1) is 14.7. The Labute approximate surface area is 124 Å². The van der Waals surface area contributed by atoms with Gasteiger partial charge in [-0.1, -0.05) is 18.7 Å². The maximum Gasteiger partial charge on any atom is 0.272 e. The smallest absolute Gasteiger partial charge is 0.272 e. The fraction of sp³-hybridized carbons (Fsp3) is 0.333. The molecule has 0 saturated heterocycles. The Bertz CT molecular complexity index is 615. The first-order chi connectivity index (χ1) is 9.62. The topological polar surface area (TPSA) is 81.0 Å². The number of anilines is 1. The highest BCUT2D eigenvalue weighted by atomic mass is 32.2. The van der Waals surface area contributed by atoms with Crippen LogP contribution in [0.15, 0.2) is 27.4 Å². The molecule has 0 spiro atoms. The molecule has 0 aliphatic heterocycles. The fourth-order valence-corrected chi connectivity index (χ4v) is 3.35. The second-order valence-corrected chi connectivity index (χ2v) is 6.01. The van der Waals surface area contributed by atoms with E-state index in [0.717, 1.165) is 27.2 Å². The van der Waals surface area contributed by atoms with Gasteiger partial charge in [0.25, 0.3) is 5.69 Å². The maximum absolute atomic E-state index is 11.0. The summed E-state index contributed by atoms with van der Waals surface area (Å²) >= 11 is 2.71. The number of nitro benzene ring substituents is 1. The Hall–Kier alpha value is -1.67. The van der Waals surface area contributed by atoms with Gasteiger partial charge in [0.05, 0.1) is 4.92 Å². The summed E-state index contributed by atoms with van der Waals surface area (Å²) in [5, 5.41) is 14.1. The van der Waals surface area contributed by atoms with Crippen LogP contribution < -0.4 is 5.32 Å². The third-order valence-corrected chi connectivity index (χ3v) is 4.21. The second kappa shape index (κ2) is 6.67. The number of hydrogen-bond donors (Lipinski definition) is 1. The molecule has 1 aromatic heterocycles. The van der Waals surface area contributed by atoms with Crippen molar-refractivity contribution in [2.75, 3.05) is 11.9 Å². The van der Waals surface area contributed by atoms with Gasteiger partial charge in [-0.25, -0.2) is 4.98 Å². The third kappa shape index (κ3) is 3.67. The molecule has 6 nitrogen and oxygen atoms in total. The van der Waals surface area contributed by atoms with Crippen LogP contribution in [0.4, 0.5) is 11.4 Å². The number of aryl methyl sites for hydroxylation is 1. The molecule has 1 heterocycles. The summed E-state index contributed by atoms with van der Waals surface area (Å²) < 4.78 is 5.00. The van der Waals surface area contributed by atoms with Crippen molar-refractivity contribution in [1.29, 1.82) is 0 Å². The molecule has 0 amide bonds. The average Bonchev–Trinajstić information content (AvgIpc) is 2.86. The Balaban J connectivity index is 2.27. The summed E-state index contributed by atoms with van der Waals surface area (Å²) in [6, 6.07) is 4.97. The molecule has 0 fully saturated rings. The van der Waals surface area contributed by atoms with E-state index in [2.05, 4.69) is 14.7 Å². The molecule has 1 N–H and O–H groups in total. The lowest BCUT2D eigenvalue weighted by molar-refractivity contribution is -0.385. The van der Waals surface area contributed by atoms with E-state index in [9.17, 15) is 10.1 Å². The molecule has 8 heteroatoms. The zero-order chi connectivity index (χ0) is 14.5. The largest absolute Gasteiger partial charge is 0.385 e. The molecule has 2 aromatic rings. The van der Waals surface area contributed by atoms with E-state index in [1.807, 2.05) is 19.9 Å². The van der Waals surface area contributed by atoms with Crippen molar-refractivity contribution in [1.82, 2.24) is 9.36 Å². The van der Waals surface area contributed by atoms with Gasteiger partial charge in [0.2, 0.25) is 0 Å². The average molecular weight is 310 g/mol. The van der Waals surface area contributed by atoms with Crippen molar-refractivity contribution < 1.29 is 4.92 Å². The minimum atomic E-state index is -0.386. The molecule has 0 aliphatic carbocycles. The minimum absolute atomic E-state index is 0.0752. The molecule has 0 bridgehead atoms. The summed E-state index contributed by atoms with van der Waals surface area (Å²) in [6.07, 6.45) is 0.786. The van der Waals surface area contributed by atoms with Gasteiger partial charge in [-0.3, -0.25) is 10.1 Å². The predicted molar refractivity (Wildman–Crippen MR) is 80.7 cm³/mol. The van der Waals surface area contributed by atoms with Gasteiger partial charge in [-0.05, 0) is 24.5 Å². The first-order valence-electron chi connectivity index (χ1n) is 6.16. The van der Waals surface area contributed by atoms with Crippen LogP contribution >= 0.6 is 23.3 Å². The van der Waals surface area contributed by atoms with Crippen LogP contribution in [0.25, 0.3) is 0 Å². The number of non-ortho nitro benzene ring substituents is 1. The number of aromatic nitrogens is 2. The van der Waals surface area contributed by atoms with Crippen LogP contribution in [-0.2, 0) is 6.42 Å². The molecule has 0 unspecified atom stereocenters. The molecule has 0 radical (unpaired) electrons. The summed E-state index contributed by atoms with van der Waals surface area (Å²) in [4.78, 5) is 15.7. The third-order valence-electron chi connectivity index (χ3n) is 2.45. The Kier molecular flexibility index (Phi) is 4.91. The summed E-state index contributed by atoms with van der Waals surface area (Å²) in [7, 11) is 0. The standard InChI is InChI=1S/C12H14N4O2S2/c1-3-11-14-12(20-15-11)19-10-6-8(13-4-2)5-9(7-10)16(17)18/h5-7,13H,3-4H2,1-2H3. The van der Waals surface area contributed by atoms with E-state index < -0.39 is 0 Å². The molecule has 20 heavy (non-hydrogen) atoms. The van der Waals surface area contributed by atoms with E-state index in [1.165, 1.54) is 29.4 Å². The van der Waals surface area contributed by atoms with Crippen molar-refractivity contribution >= 4 is 34.7 Å². The monoisotopic (exact) mass is 310 g/mol. The zero-order valence-electron chi connectivity index (χ0n) is 11.1. The predicted octanol–water partition coefficient (Wildman–Crippen LogP) is 3.59. The number of nitrogens with zero attached hydrogens (tertiary/aromatic N) is 3. The van der Waals surface area contributed by atoms with Crippen molar-refractivity contribution in [3.05, 3.63) is 34.1 Å². The second-order valence-electron chi connectivity index (χ2n) is 3.94. The van der Waals surface area contributed by atoms with Crippen LogP contribution in [0.2, 0.25) is 0 Å². The minimum Gasteiger partial charge on any atom is -0.385 e. The molecule has 1 aromatic carbocycles. The van der Waals surface area contributed by atoms with E-state index >= 15 is 0 Å². The number of benzene rings is 1. The fourth-order valence-electron chi connectivity index (χ4n) is 1.58. The van der Waals surface area contributed by atoms with E-state index in [0.29, 0.717) is 6.54 Å². The van der Waals surface area contributed by atoms with Crippen LogP contribution in [-0.4, -0.2) is 20.8 Å². The lowest BCUT2D eigenvalue weighted by Crippen LogP contribution is -1.98. The van der Waals surface area contributed by atoms with E-state index in [1.54, 1.807) is 6.07 Å². The Morgan fingerprint density at radius 3 is 2.80 bits per heavy atom. The number of nitro groups is 1. The normalized spacial score (nSPS) is 10.5. The number of hydrogen-bond acceptors (Lipinski definition) is 7. The van der Waals surface area contributed by atoms with Crippen molar-refractivity contribution in [2.24, 2.45) is 0 Å². The van der Waals surface area contributed by atoms with Crippen LogP contribution in [0.5, 0.6) is 0 Å². The van der Waals surface area contributed by atoms with E-state index in [-0.39, 0.29) is 10.6 Å². The summed E-state index contributed by atoms with van der Waals surface area (Å²) in [5.74, 6) is 0.801. The summed E-state index contributed by atoms with van der Waals surface area (Å²) in [5.41, 5.74) is 0.815. The van der Waals surface area contributed by atoms with Gasteiger partial charge in [0.1, 0.15) is 5.82 Å². The quantitative estimate of drug-likeness (QED) is 0.648. The van der Waals surface area contributed by atoms with Gasteiger partial charge in [-0.15, -0.1) is 0 Å². The highest BCUT2D eigenvalue weighted by molar-refractivity contribution is 8.01. The number of rotatable bonds is 6. The molecular weight excluding hydrogens is 296 g/mol. The molecule has 0 aliphatic rings. The molecule has 2 rings (SSSR count). The number of nitrogens with one attached hydrogen (secondary N) is 1. The molecule has 0 atom stereocenters.